The van der Waals surface area contributed by atoms with Crippen molar-refractivity contribution in [3.63, 3.8) is 0 Å². The molecule has 28 heavy (non-hydrogen) atoms. The summed E-state index contributed by atoms with van der Waals surface area (Å²) < 4.78 is 6.10. The molecule has 0 aliphatic heterocycles. The standard InChI is InChI=1S/C24H17N3O/c25-23-21-20(18-13-11-17(12-14-18)16-7-3-1-4-8-16)22(19-9-5-2-6-10-19)28-24(21)27-15-26-23/h1-15H,(H2,25,26,27). The van der Waals surface area contributed by atoms with Gasteiger partial charge in [0.15, 0.2) is 0 Å². The van der Waals surface area contributed by atoms with Crippen LogP contribution in [0.2, 0.25) is 0 Å². The van der Waals surface area contributed by atoms with Gasteiger partial charge in [-0.15, -0.1) is 0 Å². The number of anilines is 1. The van der Waals surface area contributed by atoms with Gasteiger partial charge in [-0.05, 0) is 16.7 Å². The Labute approximate surface area is 162 Å². The summed E-state index contributed by atoms with van der Waals surface area (Å²) in [5.41, 5.74) is 11.9. The third kappa shape index (κ3) is 2.72. The van der Waals surface area contributed by atoms with E-state index in [1.165, 1.54) is 11.9 Å². The molecule has 2 aromatic heterocycles. The van der Waals surface area contributed by atoms with Gasteiger partial charge in [0.2, 0.25) is 5.71 Å². The molecule has 0 amide bonds. The Hall–Kier alpha value is -3.92. The normalized spacial score (nSPS) is 11.0. The Morgan fingerprint density at radius 1 is 0.607 bits per heavy atom. The van der Waals surface area contributed by atoms with Crippen molar-refractivity contribution in [1.82, 2.24) is 9.97 Å². The van der Waals surface area contributed by atoms with Crippen LogP contribution >= 0.6 is 0 Å². The summed E-state index contributed by atoms with van der Waals surface area (Å²) in [6, 6.07) is 28.7. The smallest absolute Gasteiger partial charge is 0.232 e. The van der Waals surface area contributed by atoms with Crippen molar-refractivity contribution < 1.29 is 4.42 Å². The number of rotatable bonds is 3. The van der Waals surface area contributed by atoms with Gasteiger partial charge in [-0.3, -0.25) is 0 Å². The first-order valence-corrected chi connectivity index (χ1v) is 9.05. The van der Waals surface area contributed by atoms with Gasteiger partial charge in [0.1, 0.15) is 17.9 Å². The molecule has 0 spiro atoms. The number of fused-ring (bicyclic) bond motifs is 1. The number of benzene rings is 3. The van der Waals surface area contributed by atoms with Crippen LogP contribution in [0, 0.1) is 0 Å². The van der Waals surface area contributed by atoms with Crippen molar-refractivity contribution in [1.29, 1.82) is 0 Å². The first-order chi connectivity index (χ1) is 13.8. The van der Waals surface area contributed by atoms with E-state index in [-0.39, 0.29) is 0 Å². The molecule has 5 aromatic rings. The second-order valence-electron chi connectivity index (χ2n) is 6.55. The summed E-state index contributed by atoms with van der Waals surface area (Å²) in [7, 11) is 0. The van der Waals surface area contributed by atoms with Crippen LogP contribution in [-0.4, -0.2) is 9.97 Å². The third-order valence-electron chi connectivity index (χ3n) is 4.83. The fourth-order valence-corrected chi connectivity index (χ4v) is 3.48. The van der Waals surface area contributed by atoms with E-state index in [2.05, 4.69) is 46.4 Å². The quantitative estimate of drug-likeness (QED) is 0.439. The van der Waals surface area contributed by atoms with Gasteiger partial charge >= 0.3 is 0 Å². The second-order valence-corrected chi connectivity index (χ2v) is 6.55. The summed E-state index contributed by atoms with van der Waals surface area (Å²) in [6.45, 7) is 0. The Bertz CT molecular complexity index is 1240. The molecule has 0 saturated carbocycles. The van der Waals surface area contributed by atoms with E-state index in [1.807, 2.05) is 48.5 Å². The van der Waals surface area contributed by atoms with Crippen LogP contribution in [0.5, 0.6) is 0 Å². The van der Waals surface area contributed by atoms with Crippen molar-refractivity contribution in [2.24, 2.45) is 0 Å². The Kier molecular flexibility index (Phi) is 3.87. The van der Waals surface area contributed by atoms with Crippen LogP contribution in [-0.2, 0) is 0 Å². The number of hydrogen-bond donors (Lipinski definition) is 1. The van der Waals surface area contributed by atoms with E-state index < -0.39 is 0 Å². The minimum absolute atomic E-state index is 0.415. The van der Waals surface area contributed by atoms with Gasteiger partial charge in [0, 0.05) is 11.1 Å². The van der Waals surface area contributed by atoms with E-state index in [9.17, 15) is 0 Å². The largest absolute Gasteiger partial charge is 0.437 e. The highest BCUT2D eigenvalue weighted by Gasteiger charge is 2.21. The molecule has 0 fully saturated rings. The highest BCUT2D eigenvalue weighted by Crippen LogP contribution is 2.42. The molecule has 0 atom stereocenters. The molecular formula is C24H17N3O. The monoisotopic (exact) mass is 363 g/mol. The highest BCUT2D eigenvalue weighted by molar-refractivity contribution is 6.05. The molecule has 5 rings (SSSR count). The number of nitrogens with zero attached hydrogens (tertiary/aromatic N) is 2. The van der Waals surface area contributed by atoms with E-state index in [0.29, 0.717) is 11.5 Å². The SMILES string of the molecule is Nc1ncnc2oc(-c3ccccc3)c(-c3ccc(-c4ccccc4)cc3)c12. The van der Waals surface area contributed by atoms with Crippen LogP contribution in [0.3, 0.4) is 0 Å². The van der Waals surface area contributed by atoms with Gasteiger partial charge < -0.3 is 10.2 Å². The van der Waals surface area contributed by atoms with Crippen molar-refractivity contribution in [2.75, 3.05) is 5.73 Å². The molecule has 0 unspecified atom stereocenters. The zero-order valence-corrected chi connectivity index (χ0v) is 15.0. The maximum Gasteiger partial charge on any atom is 0.232 e. The van der Waals surface area contributed by atoms with Crippen LogP contribution in [0.1, 0.15) is 0 Å². The van der Waals surface area contributed by atoms with E-state index >= 15 is 0 Å². The van der Waals surface area contributed by atoms with Crippen molar-refractivity contribution >= 4 is 16.9 Å². The van der Waals surface area contributed by atoms with E-state index in [4.69, 9.17) is 10.2 Å². The average Bonchev–Trinajstić information content (AvgIpc) is 3.16. The topological polar surface area (TPSA) is 64.9 Å². The third-order valence-corrected chi connectivity index (χ3v) is 4.83. The van der Waals surface area contributed by atoms with Gasteiger partial charge in [-0.1, -0.05) is 84.9 Å². The molecule has 0 aliphatic rings. The van der Waals surface area contributed by atoms with Gasteiger partial charge in [0.25, 0.3) is 0 Å². The van der Waals surface area contributed by atoms with Crippen molar-refractivity contribution in [3.8, 4) is 33.6 Å². The van der Waals surface area contributed by atoms with Crippen LogP contribution in [0.25, 0.3) is 44.7 Å². The van der Waals surface area contributed by atoms with Crippen LogP contribution in [0.4, 0.5) is 5.82 Å². The van der Waals surface area contributed by atoms with Crippen LogP contribution < -0.4 is 5.73 Å². The molecule has 0 bridgehead atoms. The molecule has 3 aromatic carbocycles. The Morgan fingerprint density at radius 3 is 1.86 bits per heavy atom. The van der Waals surface area contributed by atoms with Crippen molar-refractivity contribution in [3.05, 3.63) is 91.3 Å². The lowest BCUT2D eigenvalue weighted by molar-refractivity contribution is 0.618. The lowest BCUT2D eigenvalue weighted by atomic mass is 9.97. The van der Waals surface area contributed by atoms with Crippen LogP contribution in [0.15, 0.2) is 95.7 Å². The first-order valence-electron chi connectivity index (χ1n) is 9.05. The molecule has 4 nitrogen and oxygen atoms in total. The molecular weight excluding hydrogens is 346 g/mol. The second kappa shape index (κ2) is 6.67. The predicted octanol–water partition coefficient (Wildman–Crippen LogP) is 5.81. The average molecular weight is 363 g/mol. The van der Waals surface area contributed by atoms with Gasteiger partial charge in [-0.2, -0.15) is 0 Å². The predicted molar refractivity (Wildman–Crippen MR) is 113 cm³/mol. The zero-order chi connectivity index (χ0) is 18.9. The summed E-state index contributed by atoms with van der Waals surface area (Å²) in [5, 5.41) is 0.744. The molecule has 2 heterocycles. The molecule has 134 valence electrons. The summed E-state index contributed by atoms with van der Waals surface area (Å²) in [4.78, 5) is 8.45. The molecule has 0 aliphatic carbocycles. The Balaban J connectivity index is 1.72. The minimum Gasteiger partial charge on any atom is -0.437 e. The number of aromatic nitrogens is 2. The zero-order valence-electron chi connectivity index (χ0n) is 15.0. The molecule has 2 N–H and O–H groups in total. The van der Waals surface area contributed by atoms with E-state index in [0.717, 1.165) is 33.4 Å². The molecule has 0 radical (unpaired) electrons. The van der Waals surface area contributed by atoms with Gasteiger partial charge in [-0.25, -0.2) is 9.97 Å². The summed E-state index contributed by atoms with van der Waals surface area (Å²) in [5.74, 6) is 1.16. The molecule has 4 heteroatoms. The Morgan fingerprint density at radius 2 is 1.18 bits per heavy atom. The maximum absolute atomic E-state index is 6.20. The van der Waals surface area contributed by atoms with Gasteiger partial charge in [0.05, 0.1) is 5.39 Å². The number of furan rings is 1. The maximum atomic E-state index is 6.20. The summed E-state index contributed by atoms with van der Waals surface area (Å²) in [6.07, 6.45) is 1.43. The first kappa shape index (κ1) is 16.3. The highest BCUT2D eigenvalue weighted by atomic mass is 16.3. The lowest BCUT2D eigenvalue weighted by Crippen LogP contribution is -1.92. The number of nitrogen functional groups attached to an aromatic ring is 1. The van der Waals surface area contributed by atoms with E-state index in [1.54, 1.807) is 0 Å². The number of nitrogens with two attached hydrogens (primary N) is 1. The fraction of sp³-hybridized carbons (Fsp3) is 0. The molecule has 0 saturated heterocycles. The summed E-state index contributed by atoms with van der Waals surface area (Å²) >= 11 is 0. The van der Waals surface area contributed by atoms with Crippen molar-refractivity contribution in [2.45, 2.75) is 0 Å². The number of hydrogen-bond acceptors (Lipinski definition) is 4. The minimum atomic E-state index is 0.415. The fourth-order valence-electron chi connectivity index (χ4n) is 3.48. The lowest BCUT2D eigenvalue weighted by Gasteiger charge is -2.07.